The maximum absolute atomic E-state index is 9.57. The zero-order chi connectivity index (χ0) is 14.4. The second-order valence-electron chi connectivity index (χ2n) is 3.97. The molecule has 102 valence electrons. The number of rotatable bonds is 3. The molecular formula is C14H14N4O2. The van der Waals surface area contributed by atoms with Crippen LogP contribution in [-0.2, 0) is 0 Å². The van der Waals surface area contributed by atoms with E-state index in [1.807, 2.05) is 30.3 Å². The third-order valence-corrected chi connectivity index (χ3v) is 2.42. The molecule has 2 rings (SSSR count). The number of anilines is 1. The van der Waals surface area contributed by atoms with Crippen LogP contribution in [0.2, 0.25) is 0 Å². The molecule has 2 aromatic carbocycles. The lowest BCUT2D eigenvalue weighted by Crippen LogP contribution is -2.21. The Bertz CT molecular complexity index is 639. The molecule has 0 atom stereocenters. The van der Waals surface area contributed by atoms with Gasteiger partial charge in [0.1, 0.15) is 11.5 Å². The van der Waals surface area contributed by atoms with Crippen LogP contribution in [0.15, 0.2) is 58.7 Å². The number of guanidine groups is 1. The highest BCUT2D eigenvalue weighted by molar-refractivity contribution is 5.94. The molecule has 5 N–H and O–H groups in total. The molecule has 20 heavy (non-hydrogen) atoms. The smallest absolute Gasteiger partial charge is 0.218 e. The van der Waals surface area contributed by atoms with Crippen LogP contribution in [0, 0.1) is 0 Å². The first kappa shape index (κ1) is 13.4. The van der Waals surface area contributed by atoms with E-state index in [9.17, 15) is 5.11 Å². The van der Waals surface area contributed by atoms with Crippen molar-refractivity contribution in [1.29, 1.82) is 0 Å². The maximum Gasteiger partial charge on any atom is 0.218 e. The first-order valence-electron chi connectivity index (χ1n) is 5.86. The molecule has 0 unspecified atom stereocenters. The predicted molar refractivity (Wildman–Crippen MR) is 79.1 cm³/mol. The van der Waals surface area contributed by atoms with Gasteiger partial charge in [-0.25, -0.2) is 0 Å². The number of nitrogens with two attached hydrogens (primary N) is 1. The standard InChI is InChI=1S/C14H14N4O2/c15-14(17-12-7-6-11(19)8-13(12)20)18-16-9-10-4-2-1-3-5-10/h1-9,19-20H,(H3,15,17,18). The number of hydrogen-bond donors (Lipinski definition) is 4. The van der Waals surface area contributed by atoms with Crippen LogP contribution in [0.3, 0.4) is 0 Å². The summed E-state index contributed by atoms with van der Waals surface area (Å²) in [5, 5.41) is 29.0. The molecule has 0 saturated heterocycles. The molecule has 0 fully saturated rings. The Morgan fingerprint density at radius 3 is 2.55 bits per heavy atom. The fourth-order valence-corrected chi connectivity index (χ4v) is 1.49. The van der Waals surface area contributed by atoms with Gasteiger partial charge < -0.3 is 21.3 Å². The molecule has 0 aliphatic carbocycles. The summed E-state index contributed by atoms with van der Waals surface area (Å²) < 4.78 is 0. The Labute approximate surface area is 115 Å². The average Bonchev–Trinajstić information content (AvgIpc) is 2.43. The van der Waals surface area contributed by atoms with Gasteiger partial charge in [0.15, 0.2) is 0 Å². The van der Waals surface area contributed by atoms with E-state index in [1.54, 1.807) is 6.21 Å². The van der Waals surface area contributed by atoms with Gasteiger partial charge in [-0.2, -0.15) is 5.10 Å². The summed E-state index contributed by atoms with van der Waals surface area (Å²) in [5.41, 5.74) is 6.86. The normalized spacial score (nSPS) is 11.7. The Balaban J connectivity index is 2.02. The van der Waals surface area contributed by atoms with E-state index in [0.717, 1.165) is 5.56 Å². The quantitative estimate of drug-likeness (QED) is 0.225. The molecule has 0 aliphatic rings. The topological polar surface area (TPSA) is 103 Å². The van der Waals surface area contributed by atoms with Crippen molar-refractivity contribution in [2.75, 3.05) is 5.32 Å². The molecule has 0 aromatic heterocycles. The lowest BCUT2D eigenvalue weighted by atomic mass is 10.2. The van der Waals surface area contributed by atoms with E-state index in [-0.39, 0.29) is 17.5 Å². The number of phenolic OH excluding ortho intramolecular Hbond substituents is 2. The lowest BCUT2D eigenvalue weighted by Gasteiger charge is -2.06. The van der Waals surface area contributed by atoms with Crippen molar-refractivity contribution in [2.45, 2.75) is 0 Å². The van der Waals surface area contributed by atoms with Crippen LogP contribution in [0.25, 0.3) is 0 Å². The van der Waals surface area contributed by atoms with Crippen LogP contribution >= 0.6 is 0 Å². The summed E-state index contributed by atoms with van der Waals surface area (Å²) in [6.45, 7) is 0. The summed E-state index contributed by atoms with van der Waals surface area (Å²) in [6, 6.07) is 13.6. The second-order valence-corrected chi connectivity index (χ2v) is 3.97. The SMILES string of the molecule is NC(=NN=Cc1ccccc1)Nc1ccc(O)cc1O. The van der Waals surface area contributed by atoms with Gasteiger partial charge in [-0.1, -0.05) is 30.3 Å². The number of nitrogens with zero attached hydrogens (tertiary/aromatic N) is 2. The van der Waals surface area contributed by atoms with Crippen molar-refractivity contribution < 1.29 is 10.2 Å². The largest absolute Gasteiger partial charge is 0.508 e. The van der Waals surface area contributed by atoms with Crippen molar-refractivity contribution >= 4 is 17.9 Å². The van der Waals surface area contributed by atoms with Crippen molar-refractivity contribution in [3.05, 3.63) is 54.1 Å². The zero-order valence-corrected chi connectivity index (χ0v) is 10.6. The molecule has 2 aromatic rings. The highest BCUT2D eigenvalue weighted by Gasteiger charge is 2.02. The minimum absolute atomic E-state index is 0.0261. The summed E-state index contributed by atoms with van der Waals surface area (Å²) in [6.07, 6.45) is 1.56. The van der Waals surface area contributed by atoms with Crippen LogP contribution in [0.1, 0.15) is 5.56 Å². The Morgan fingerprint density at radius 1 is 1.10 bits per heavy atom. The van der Waals surface area contributed by atoms with Gasteiger partial charge in [0, 0.05) is 6.07 Å². The molecule has 0 saturated carbocycles. The summed E-state index contributed by atoms with van der Waals surface area (Å²) in [7, 11) is 0. The molecule has 6 heteroatoms. The van der Waals surface area contributed by atoms with Gasteiger partial charge >= 0.3 is 0 Å². The maximum atomic E-state index is 9.57. The Hall–Kier alpha value is -3.02. The fourth-order valence-electron chi connectivity index (χ4n) is 1.49. The summed E-state index contributed by atoms with van der Waals surface area (Å²) in [5.74, 6) is -0.140. The number of hydrogen-bond acceptors (Lipinski definition) is 4. The minimum atomic E-state index is -0.129. The number of nitrogens with one attached hydrogen (secondary N) is 1. The zero-order valence-electron chi connectivity index (χ0n) is 10.6. The third-order valence-electron chi connectivity index (χ3n) is 2.42. The van der Waals surface area contributed by atoms with Gasteiger partial charge in [0.25, 0.3) is 0 Å². The molecule has 0 radical (unpaired) electrons. The highest BCUT2D eigenvalue weighted by Crippen LogP contribution is 2.26. The molecule has 0 aliphatic heterocycles. The highest BCUT2D eigenvalue weighted by atomic mass is 16.3. The number of benzene rings is 2. The van der Waals surface area contributed by atoms with E-state index in [4.69, 9.17) is 10.8 Å². The Morgan fingerprint density at radius 2 is 1.85 bits per heavy atom. The number of aromatic hydroxyl groups is 2. The van der Waals surface area contributed by atoms with Crippen LogP contribution in [-0.4, -0.2) is 22.4 Å². The van der Waals surface area contributed by atoms with Crippen molar-refractivity contribution in [3.8, 4) is 11.5 Å². The van der Waals surface area contributed by atoms with Crippen molar-refractivity contribution in [3.63, 3.8) is 0 Å². The van der Waals surface area contributed by atoms with Gasteiger partial charge in [-0.15, -0.1) is 5.10 Å². The van der Waals surface area contributed by atoms with Gasteiger partial charge in [-0.3, -0.25) is 0 Å². The predicted octanol–water partition coefficient (Wildman–Crippen LogP) is 1.86. The van der Waals surface area contributed by atoms with E-state index in [0.29, 0.717) is 5.69 Å². The Kier molecular flexibility index (Phi) is 4.18. The summed E-state index contributed by atoms with van der Waals surface area (Å²) >= 11 is 0. The van der Waals surface area contributed by atoms with Crippen LogP contribution < -0.4 is 11.1 Å². The second kappa shape index (κ2) is 6.24. The van der Waals surface area contributed by atoms with E-state index in [2.05, 4.69) is 15.5 Å². The number of phenols is 2. The summed E-state index contributed by atoms with van der Waals surface area (Å²) in [4.78, 5) is 0. The van der Waals surface area contributed by atoms with Crippen molar-refractivity contribution in [1.82, 2.24) is 0 Å². The van der Waals surface area contributed by atoms with Gasteiger partial charge in [0.05, 0.1) is 11.9 Å². The van der Waals surface area contributed by atoms with Gasteiger partial charge in [0.2, 0.25) is 5.96 Å². The van der Waals surface area contributed by atoms with E-state index >= 15 is 0 Å². The molecule has 0 bridgehead atoms. The average molecular weight is 270 g/mol. The van der Waals surface area contributed by atoms with E-state index < -0.39 is 0 Å². The minimum Gasteiger partial charge on any atom is -0.508 e. The molecule has 0 amide bonds. The molecule has 6 nitrogen and oxygen atoms in total. The first-order valence-corrected chi connectivity index (χ1v) is 5.86. The van der Waals surface area contributed by atoms with Crippen LogP contribution in [0.5, 0.6) is 11.5 Å². The van der Waals surface area contributed by atoms with Crippen molar-refractivity contribution in [2.24, 2.45) is 15.9 Å². The molecule has 0 heterocycles. The fraction of sp³-hybridized carbons (Fsp3) is 0. The van der Waals surface area contributed by atoms with Gasteiger partial charge in [-0.05, 0) is 17.7 Å². The third kappa shape index (κ3) is 3.74. The first-order chi connectivity index (χ1) is 9.65. The van der Waals surface area contributed by atoms with E-state index in [1.165, 1.54) is 18.2 Å². The molecular weight excluding hydrogens is 256 g/mol. The lowest BCUT2D eigenvalue weighted by molar-refractivity contribution is 0.452. The monoisotopic (exact) mass is 270 g/mol. The van der Waals surface area contributed by atoms with Crippen LogP contribution in [0.4, 0.5) is 5.69 Å². The molecule has 0 spiro atoms.